The molecule has 6 atom stereocenters. The van der Waals surface area contributed by atoms with Crippen LogP contribution < -0.4 is 5.73 Å². The molecule has 2 aromatic rings. The lowest BCUT2D eigenvalue weighted by Crippen LogP contribution is -2.33. The highest BCUT2D eigenvalue weighted by molar-refractivity contribution is 7.98. The Kier molecular flexibility index (Phi) is 7.71. The van der Waals surface area contributed by atoms with Crippen LogP contribution in [-0.4, -0.2) is 80.5 Å². The van der Waals surface area contributed by atoms with Gasteiger partial charge >= 0.3 is 23.5 Å². The molecule has 1 fully saturated rings. The summed E-state index contributed by atoms with van der Waals surface area (Å²) in [5, 5.41) is 20.9. The van der Waals surface area contributed by atoms with Crippen molar-refractivity contribution in [2.75, 3.05) is 18.6 Å². The molecule has 18 nitrogen and oxygen atoms in total. The number of hydrogen-bond acceptors (Lipinski definition) is 14. The second kappa shape index (κ2) is 9.56. The standard InChI is InChI=1S/C11H18N5O13P3S/c1-33-11-14-8(12)5-9(15-11)16(3-13-5)10-7(18)6(17)4(27-10)2-26-31(22,23)29-32(24,25)28-30(19,20)21/h3-4,6-7,10,17-18H,2H2,1H3,(H,22,23)(H,24,25)(H2,12,14,15)(H2,19,20,21)/t4-,6-,7-,10?/m1/s1. The molecule has 186 valence electrons. The van der Waals surface area contributed by atoms with E-state index >= 15 is 0 Å². The molecule has 0 spiro atoms. The third-order valence-corrected chi connectivity index (χ3v) is 8.39. The fourth-order valence-electron chi connectivity index (χ4n) is 2.76. The van der Waals surface area contributed by atoms with Crippen LogP contribution in [0.4, 0.5) is 5.82 Å². The Morgan fingerprint density at radius 3 is 2.39 bits per heavy atom. The highest BCUT2D eigenvalue weighted by Gasteiger charge is 2.47. The lowest BCUT2D eigenvalue weighted by molar-refractivity contribution is -0.0503. The first-order valence-corrected chi connectivity index (χ1v) is 14.2. The van der Waals surface area contributed by atoms with E-state index in [0.29, 0.717) is 5.16 Å². The van der Waals surface area contributed by atoms with E-state index in [1.54, 1.807) is 6.26 Å². The van der Waals surface area contributed by atoms with Crippen LogP contribution in [0.2, 0.25) is 0 Å². The molecule has 0 bridgehead atoms. The molecule has 2 aromatic heterocycles. The second-order valence-corrected chi connectivity index (χ2v) is 11.5. The van der Waals surface area contributed by atoms with Gasteiger partial charge in [-0.3, -0.25) is 9.09 Å². The zero-order valence-corrected chi connectivity index (χ0v) is 19.8. The first kappa shape index (κ1) is 26.6. The summed E-state index contributed by atoms with van der Waals surface area (Å²) < 4.78 is 52.2. The Morgan fingerprint density at radius 2 is 1.79 bits per heavy atom. The molecule has 8 N–H and O–H groups in total. The van der Waals surface area contributed by atoms with Crippen molar-refractivity contribution in [1.82, 2.24) is 19.5 Å². The second-order valence-electron chi connectivity index (χ2n) is 6.35. The Bertz CT molecular complexity index is 1170. The number of ether oxygens (including phenoxy) is 1. The molecule has 0 amide bonds. The zero-order valence-electron chi connectivity index (χ0n) is 16.3. The fraction of sp³-hybridized carbons (Fsp3) is 0.545. The van der Waals surface area contributed by atoms with Crippen molar-refractivity contribution in [3.05, 3.63) is 6.33 Å². The number of nitrogen functional groups attached to an aromatic ring is 1. The van der Waals surface area contributed by atoms with E-state index in [2.05, 4.69) is 28.1 Å². The Labute approximate surface area is 188 Å². The molecule has 0 aliphatic carbocycles. The number of aromatic nitrogens is 4. The SMILES string of the molecule is CSc1nc(N)c2ncn(C3O[C@H](COP(=O)(O)OP(=O)(O)OP(=O)(O)O)[C@@H](O)[C@H]3O)c2n1. The number of aliphatic hydroxyl groups is 2. The van der Waals surface area contributed by atoms with Gasteiger partial charge in [-0.15, -0.1) is 0 Å². The van der Waals surface area contributed by atoms with E-state index in [1.165, 1.54) is 22.7 Å². The van der Waals surface area contributed by atoms with Gasteiger partial charge in [0.25, 0.3) is 0 Å². The van der Waals surface area contributed by atoms with E-state index in [4.69, 9.17) is 25.2 Å². The average Bonchev–Trinajstić information content (AvgIpc) is 3.19. The van der Waals surface area contributed by atoms with Gasteiger partial charge in [0, 0.05) is 0 Å². The van der Waals surface area contributed by atoms with Crippen molar-refractivity contribution in [3.8, 4) is 0 Å². The number of hydrogen-bond donors (Lipinski definition) is 7. The lowest BCUT2D eigenvalue weighted by Gasteiger charge is -2.19. The minimum Gasteiger partial charge on any atom is -0.387 e. The molecule has 3 unspecified atom stereocenters. The zero-order chi connectivity index (χ0) is 24.8. The van der Waals surface area contributed by atoms with Crippen molar-refractivity contribution >= 4 is 52.2 Å². The van der Waals surface area contributed by atoms with Gasteiger partial charge in [-0.25, -0.2) is 28.6 Å². The number of nitrogens with zero attached hydrogens (tertiary/aromatic N) is 4. The Morgan fingerprint density at radius 1 is 1.12 bits per heavy atom. The van der Waals surface area contributed by atoms with Crippen LogP contribution in [-0.2, 0) is 31.6 Å². The number of imidazole rings is 1. The first-order chi connectivity index (χ1) is 15.1. The summed E-state index contributed by atoms with van der Waals surface area (Å²) >= 11 is 1.18. The van der Waals surface area contributed by atoms with Crippen LogP contribution in [0, 0.1) is 0 Å². The number of anilines is 1. The number of aliphatic hydroxyl groups excluding tert-OH is 2. The molecule has 1 aliphatic heterocycles. The molecule has 1 saturated heterocycles. The third kappa shape index (κ3) is 6.36. The van der Waals surface area contributed by atoms with Crippen molar-refractivity contribution in [1.29, 1.82) is 0 Å². The third-order valence-electron chi connectivity index (χ3n) is 4.04. The maximum atomic E-state index is 11.9. The molecule has 33 heavy (non-hydrogen) atoms. The molecule has 3 heterocycles. The van der Waals surface area contributed by atoms with Gasteiger partial charge in [0.2, 0.25) is 0 Å². The van der Waals surface area contributed by atoms with Crippen LogP contribution >= 0.6 is 35.2 Å². The normalized spacial score (nSPS) is 27.5. The first-order valence-electron chi connectivity index (χ1n) is 8.46. The Balaban J connectivity index is 1.73. The van der Waals surface area contributed by atoms with Crippen molar-refractivity contribution in [3.63, 3.8) is 0 Å². The molecule has 0 aromatic carbocycles. The summed E-state index contributed by atoms with van der Waals surface area (Å²) in [5.41, 5.74) is 6.18. The highest BCUT2D eigenvalue weighted by atomic mass is 32.2. The maximum absolute atomic E-state index is 11.9. The molecule has 3 rings (SSSR count). The summed E-state index contributed by atoms with van der Waals surface area (Å²) in [6, 6.07) is 0. The van der Waals surface area contributed by atoms with E-state index in [0.717, 1.165) is 0 Å². The van der Waals surface area contributed by atoms with Crippen LogP contribution in [0.5, 0.6) is 0 Å². The minimum absolute atomic E-state index is 0.0559. The van der Waals surface area contributed by atoms with E-state index in [1.807, 2.05) is 0 Å². The smallest absolute Gasteiger partial charge is 0.387 e. The molecular formula is C11H18N5O13P3S. The van der Waals surface area contributed by atoms with Gasteiger partial charge in [-0.1, -0.05) is 11.8 Å². The van der Waals surface area contributed by atoms with Gasteiger partial charge in [-0.2, -0.15) is 8.62 Å². The van der Waals surface area contributed by atoms with Gasteiger partial charge in [0.15, 0.2) is 22.8 Å². The summed E-state index contributed by atoms with van der Waals surface area (Å²) in [4.78, 5) is 48.0. The predicted octanol–water partition coefficient (Wildman–Crippen LogP) is -0.907. The number of fused-ring (bicyclic) bond motifs is 1. The quantitative estimate of drug-likeness (QED) is 0.112. The van der Waals surface area contributed by atoms with Crippen molar-refractivity contribution in [2.24, 2.45) is 0 Å². The van der Waals surface area contributed by atoms with Crippen LogP contribution in [0.1, 0.15) is 6.23 Å². The molecule has 0 saturated carbocycles. The van der Waals surface area contributed by atoms with Crippen LogP contribution in [0.15, 0.2) is 11.5 Å². The number of phosphoric acid groups is 3. The van der Waals surface area contributed by atoms with Crippen LogP contribution in [0.3, 0.4) is 0 Å². The summed E-state index contributed by atoms with van der Waals surface area (Å²) in [6.07, 6.45) is -3.14. The number of nitrogens with two attached hydrogens (primary N) is 1. The fourth-order valence-corrected chi connectivity index (χ4v) is 6.16. The largest absolute Gasteiger partial charge is 0.490 e. The van der Waals surface area contributed by atoms with Crippen LogP contribution in [0.25, 0.3) is 11.2 Å². The molecule has 1 aliphatic rings. The summed E-state index contributed by atoms with van der Waals surface area (Å²) in [6.45, 7) is -0.960. The van der Waals surface area contributed by atoms with E-state index in [9.17, 15) is 28.8 Å². The molecule has 22 heteroatoms. The number of phosphoric ester groups is 1. The van der Waals surface area contributed by atoms with Gasteiger partial charge in [0.1, 0.15) is 23.8 Å². The highest BCUT2D eigenvalue weighted by Crippen LogP contribution is 2.66. The summed E-state index contributed by atoms with van der Waals surface area (Å²) in [5.74, 6) is 0.0559. The topological polar surface area (TPSA) is 279 Å². The monoisotopic (exact) mass is 553 g/mol. The van der Waals surface area contributed by atoms with Crippen molar-refractivity contribution in [2.45, 2.75) is 29.7 Å². The maximum Gasteiger partial charge on any atom is 0.490 e. The van der Waals surface area contributed by atoms with E-state index in [-0.39, 0.29) is 17.0 Å². The summed E-state index contributed by atoms with van der Waals surface area (Å²) in [7, 11) is -16.7. The molecule has 0 radical (unpaired) electrons. The number of thioether (sulfide) groups is 1. The lowest BCUT2D eigenvalue weighted by atomic mass is 10.1. The Hall–Kier alpha value is -1.01. The minimum atomic E-state index is -5.71. The predicted molar refractivity (Wildman–Crippen MR) is 107 cm³/mol. The molecular weight excluding hydrogens is 535 g/mol. The van der Waals surface area contributed by atoms with Gasteiger partial charge < -0.3 is 40.3 Å². The van der Waals surface area contributed by atoms with E-state index < -0.39 is 54.6 Å². The van der Waals surface area contributed by atoms with Gasteiger partial charge in [0.05, 0.1) is 12.9 Å². The average molecular weight is 553 g/mol. The van der Waals surface area contributed by atoms with Gasteiger partial charge in [-0.05, 0) is 6.26 Å². The number of rotatable bonds is 9. The van der Waals surface area contributed by atoms with Crippen molar-refractivity contribution < 1.29 is 61.4 Å².